The normalized spacial score (nSPS) is 19.1. The molecular weight excluding hydrogens is 236 g/mol. The Kier molecular flexibility index (Phi) is 3.35. The second-order valence-electron chi connectivity index (χ2n) is 4.30. The Labute approximate surface area is 106 Å². The Hall–Kier alpha value is -1.53. The molecule has 0 bridgehead atoms. The number of benzene rings is 1. The van der Waals surface area contributed by atoms with Crippen molar-refractivity contribution in [2.75, 3.05) is 6.54 Å². The summed E-state index contributed by atoms with van der Waals surface area (Å²) in [6.45, 7) is 2.55. The second kappa shape index (κ2) is 4.77. The van der Waals surface area contributed by atoms with E-state index in [0.29, 0.717) is 17.1 Å². The summed E-state index contributed by atoms with van der Waals surface area (Å²) in [5.74, 6) is -0.0975. The van der Waals surface area contributed by atoms with Crippen LogP contribution in [0.15, 0.2) is 18.2 Å². The van der Waals surface area contributed by atoms with Crippen LogP contribution in [0.4, 0.5) is 0 Å². The van der Waals surface area contributed by atoms with E-state index in [1.807, 2.05) is 13.0 Å². The van der Waals surface area contributed by atoms with Crippen LogP contribution < -0.4 is 0 Å². The number of aryl methyl sites for hydroxylation is 1. The van der Waals surface area contributed by atoms with E-state index in [1.54, 1.807) is 17.0 Å². The highest BCUT2D eigenvalue weighted by Crippen LogP contribution is 2.22. The van der Waals surface area contributed by atoms with Crippen LogP contribution in [0.2, 0.25) is 5.02 Å². The molecule has 0 N–H and O–H groups in total. The number of amides is 1. The monoisotopic (exact) mass is 248 g/mol. The Morgan fingerprint density at radius 3 is 2.94 bits per heavy atom. The number of carbonyl (C=O) groups excluding carboxylic acids is 1. The SMILES string of the molecule is Cc1cc(Cl)cc(C(=O)N2CCCC2C#N)c1. The van der Waals surface area contributed by atoms with Crippen molar-refractivity contribution < 1.29 is 4.79 Å². The van der Waals surface area contributed by atoms with Crippen molar-refractivity contribution in [1.82, 2.24) is 4.90 Å². The van der Waals surface area contributed by atoms with Gasteiger partial charge in [-0.15, -0.1) is 0 Å². The van der Waals surface area contributed by atoms with E-state index in [1.165, 1.54) is 0 Å². The quantitative estimate of drug-likeness (QED) is 0.767. The maximum absolute atomic E-state index is 12.2. The fourth-order valence-corrected chi connectivity index (χ4v) is 2.46. The van der Waals surface area contributed by atoms with Crippen LogP contribution in [0, 0.1) is 18.3 Å². The molecule has 1 saturated heterocycles. The lowest BCUT2D eigenvalue weighted by atomic mass is 10.1. The molecular formula is C13H13ClN2O. The molecule has 0 aliphatic carbocycles. The number of likely N-dealkylation sites (tertiary alicyclic amines) is 1. The molecule has 88 valence electrons. The van der Waals surface area contributed by atoms with Gasteiger partial charge >= 0.3 is 0 Å². The van der Waals surface area contributed by atoms with Gasteiger partial charge in [-0.05, 0) is 43.5 Å². The van der Waals surface area contributed by atoms with Gasteiger partial charge in [0.1, 0.15) is 6.04 Å². The average Bonchev–Trinajstić information content (AvgIpc) is 2.74. The van der Waals surface area contributed by atoms with Gasteiger partial charge in [0.2, 0.25) is 0 Å². The second-order valence-corrected chi connectivity index (χ2v) is 4.74. The molecule has 1 aromatic carbocycles. The number of nitrogens with zero attached hydrogens (tertiary/aromatic N) is 2. The Morgan fingerprint density at radius 2 is 2.29 bits per heavy atom. The van der Waals surface area contributed by atoms with Crippen LogP contribution in [0.3, 0.4) is 0 Å². The first kappa shape index (κ1) is 11.9. The first-order valence-electron chi connectivity index (χ1n) is 5.59. The van der Waals surface area contributed by atoms with Crippen molar-refractivity contribution in [3.63, 3.8) is 0 Å². The molecule has 1 heterocycles. The van der Waals surface area contributed by atoms with Crippen molar-refractivity contribution in [2.45, 2.75) is 25.8 Å². The summed E-state index contributed by atoms with van der Waals surface area (Å²) in [5, 5.41) is 9.53. The molecule has 2 rings (SSSR count). The zero-order valence-electron chi connectivity index (χ0n) is 9.61. The van der Waals surface area contributed by atoms with E-state index < -0.39 is 0 Å². The predicted molar refractivity (Wildman–Crippen MR) is 65.9 cm³/mol. The van der Waals surface area contributed by atoms with Crippen LogP contribution in [0.25, 0.3) is 0 Å². The van der Waals surface area contributed by atoms with Gasteiger partial charge < -0.3 is 4.90 Å². The Bertz CT molecular complexity index is 472. The van der Waals surface area contributed by atoms with Gasteiger partial charge in [-0.2, -0.15) is 5.26 Å². The van der Waals surface area contributed by atoms with Gasteiger partial charge in [-0.1, -0.05) is 11.6 Å². The third-order valence-corrected chi connectivity index (χ3v) is 3.17. The molecule has 17 heavy (non-hydrogen) atoms. The van der Waals surface area contributed by atoms with Gasteiger partial charge in [-0.25, -0.2) is 0 Å². The molecule has 3 nitrogen and oxygen atoms in total. The van der Waals surface area contributed by atoms with Crippen LogP contribution >= 0.6 is 11.6 Å². The third kappa shape index (κ3) is 2.42. The first-order valence-corrected chi connectivity index (χ1v) is 5.97. The van der Waals surface area contributed by atoms with Crippen molar-refractivity contribution in [2.24, 2.45) is 0 Å². The highest BCUT2D eigenvalue weighted by atomic mass is 35.5. The minimum absolute atomic E-state index is 0.0975. The number of nitriles is 1. The summed E-state index contributed by atoms with van der Waals surface area (Å²) in [7, 11) is 0. The number of rotatable bonds is 1. The fraction of sp³-hybridized carbons (Fsp3) is 0.385. The zero-order chi connectivity index (χ0) is 12.4. The molecule has 0 saturated carbocycles. The van der Waals surface area contributed by atoms with E-state index in [9.17, 15) is 4.79 Å². The van der Waals surface area contributed by atoms with Crippen LogP contribution in [0.5, 0.6) is 0 Å². The minimum atomic E-state index is -0.290. The summed E-state index contributed by atoms with van der Waals surface area (Å²) in [4.78, 5) is 13.9. The van der Waals surface area contributed by atoms with Gasteiger partial charge in [0, 0.05) is 17.1 Å². The van der Waals surface area contributed by atoms with Crippen molar-refractivity contribution in [3.8, 4) is 6.07 Å². The molecule has 0 radical (unpaired) electrons. The molecule has 1 unspecified atom stereocenters. The molecule has 0 aromatic heterocycles. The highest BCUT2D eigenvalue weighted by molar-refractivity contribution is 6.31. The van der Waals surface area contributed by atoms with Gasteiger partial charge in [0.05, 0.1) is 6.07 Å². The lowest BCUT2D eigenvalue weighted by Gasteiger charge is -2.19. The number of hydrogen-bond acceptors (Lipinski definition) is 2. The smallest absolute Gasteiger partial charge is 0.254 e. The third-order valence-electron chi connectivity index (χ3n) is 2.95. The van der Waals surface area contributed by atoms with E-state index in [-0.39, 0.29) is 11.9 Å². The summed E-state index contributed by atoms with van der Waals surface area (Å²) >= 11 is 5.94. The summed E-state index contributed by atoms with van der Waals surface area (Å²) in [6, 6.07) is 7.15. The van der Waals surface area contributed by atoms with E-state index in [2.05, 4.69) is 6.07 Å². The Balaban J connectivity index is 2.28. The van der Waals surface area contributed by atoms with Crippen molar-refractivity contribution >= 4 is 17.5 Å². The standard InChI is InChI=1S/C13H13ClN2O/c1-9-5-10(7-11(14)6-9)13(17)16-4-2-3-12(16)8-15/h5-7,12H,2-4H2,1H3. The number of halogens is 1. The summed E-state index contributed by atoms with van der Waals surface area (Å²) in [5.41, 5.74) is 1.52. The molecule has 4 heteroatoms. The van der Waals surface area contributed by atoms with Crippen molar-refractivity contribution in [3.05, 3.63) is 34.3 Å². The fourth-order valence-electron chi connectivity index (χ4n) is 2.17. The van der Waals surface area contributed by atoms with Crippen molar-refractivity contribution in [1.29, 1.82) is 5.26 Å². The van der Waals surface area contributed by atoms with Crippen LogP contribution in [-0.4, -0.2) is 23.4 Å². The molecule has 0 spiro atoms. The molecule has 1 amide bonds. The topological polar surface area (TPSA) is 44.1 Å². The highest BCUT2D eigenvalue weighted by Gasteiger charge is 2.29. The zero-order valence-corrected chi connectivity index (χ0v) is 10.4. The summed E-state index contributed by atoms with van der Waals surface area (Å²) in [6.07, 6.45) is 1.66. The lowest BCUT2D eigenvalue weighted by molar-refractivity contribution is 0.0765. The average molecular weight is 249 g/mol. The predicted octanol–water partition coefficient (Wildman–Crippen LogP) is 2.78. The maximum Gasteiger partial charge on any atom is 0.254 e. The molecule has 1 aliphatic heterocycles. The van der Waals surface area contributed by atoms with Gasteiger partial charge in [0.25, 0.3) is 5.91 Å². The first-order chi connectivity index (χ1) is 8.11. The number of carbonyl (C=O) groups is 1. The summed E-state index contributed by atoms with van der Waals surface area (Å²) < 4.78 is 0. The van der Waals surface area contributed by atoms with Crippen LogP contribution in [-0.2, 0) is 0 Å². The molecule has 1 aliphatic rings. The minimum Gasteiger partial charge on any atom is -0.323 e. The van der Waals surface area contributed by atoms with Gasteiger partial charge in [-0.3, -0.25) is 4.79 Å². The maximum atomic E-state index is 12.2. The van der Waals surface area contributed by atoms with E-state index in [0.717, 1.165) is 18.4 Å². The number of hydrogen-bond donors (Lipinski definition) is 0. The van der Waals surface area contributed by atoms with Crippen LogP contribution in [0.1, 0.15) is 28.8 Å². The van der Waals surface area contributed by atoms with E-state index in [4.69, 9.17) is 16.9 Å². The van der Waals surface area contributed by atoms with E-state index >= 15 is 0 Å². The van der Waals surface area contributed by atoms with Gasteiger partial charge in [0.15, 0.2) is 0 Å². The Morgan fingerprint density at radius 1 is 1.53 bits per heavy atom. The molecule has 1 fully saturated rings. The molecule has 1 atom stereocenters. The lowest BCUT2D eigenvalue weighted by Crippen LogP contribution is -2.34. The molecule has 1 aromatic rings. The largest absolute Gasteiger partial charge is 0.323 e.